The fourth-order valence-electron chi connectivity index (χ4n) is 2.45. The highest BCUT2D eigenvalue weighted by Crippen LogP contribution is 2.34. The van der Waals surface area contributed by atoms with E-state index in [-0.39, 0.29) is 18.9 Å². The molecule has 2 rings (SSSR count). The van der Waals surface area contributed by atoms with Crippen LogP contribution in [0.25, 0.3) is 0 Å². The van der Waals surface area contributed by atoms with Gasteiger partial charge in [-0.25, -0.2) is 13.8 Å². The van der Waals surface area contributed by atoms with Crippen LogP contribution in [0, 0.1) is 12.3 Å². The van der Waals surface area contributed by atoms with Crippen molar-refractivity contribution in [2.75, 3.05) is 17.7 Å². The SMILES string of the molecule is C#Cc1cnc(NC(C=NC2CCC(F)(F)CC2)=C(C)P)nc1NC. The Bertz CT molecular complexity index is 710. The van der Waals surface area contributed by atoms with Gasteiger partial charge in [-0.2, -0.15) is 4.98 Å². The monoisotopic (exact) mass is 365 g/mol. The Morgan fingerprint density at radius 2 is 2.16 bits per heavy atom. The molecule has 0 aromatic carbocycles. The minimum absolute atomic E-state index is 0.0848. The third-order valence-corrected chi connectivity index (χ3v) is 4.26. The highest BCUT2D eigenvalue weighted by atomic mass is 31.0. The van der Waals surface area contributed by atoms with E-state index in [9.17, 15) is 8.78 Å². The van der Waals surface area contributed by atoms with Crippen molar-refractivity contribution in [3.8, 4) is 12.3 Å². The van der Waals surface area contributed by atoms with Crippen molar-refractivity contribution < 1.29 is 8.78 Å². The largest absolute Gasteiger partial charge is 0.372 e. The highest BCUT2D eigenvalue weighted by Gasteiger charge is 2.34. The fourth-order valence-corrected chi connectivity index (χ4v) is 2.59. The normalized spacial score (nSPS) is 18.6. The average Bonchev–Trinajstić information content (AvgIpc) is 2.59. The van der Waals surface area contributed by atoms with Gasteiger partial charge in [-0.3, -0.25) is 4.99 Å². The van der Waals surface area contributed by atoms with Crippen molar-refractivity contribution in [3.05, 3.63) is 22.8 Å². The predicted octanol–water partition coefficient (Wildman–Crippen LogP) is 3.67. The van der Waals surface area contributed by atoms with Crippen LogP contribution < -0.4 is 10.6 Å². The van der Waals surface area contributed by atoms with Crippen molar-refractivity contribution in [3.63, 3.8) is 0 Å². The van der Waals surface area contributed by atoms with Gasteiger partial charge in [0.25, 0.3) is 0 Å². The molecule has 1 saturated carbocycles. The Labute approximate surface area is 149 Å². The number of nitrogens with zero attached hydrogens (tertiary/aromatic N) is 3. The van der Waals surface area contributed by atoms with E-state index in [4.69, 9.17) is 6.42 Å². The quantitative estimate of drug-likeness (QED) is 0.475. The smallest absolute Gasteiger partial charge is 0.248 e. The molecule has 0 amide bonds. The van der Waals surface area contributed by atoms with E-state index in [0.717, 1.165) is 5.31 Å². The molecule has 1 aromatic heterocycles. The van der Waals surface area contributed by atoms with E-state index in [1.165, 1.54) is 0 Å². The first-order valence-corrected chi connectivity index (χ1v) is 8.58. The van der Waals surface area contributed by atoms with Crippen LogP contribution in [0.3, 0.4) is 0 Å². The number of allylic oxidation sites excluding steroid dienone is 2. The molecule has 0 spiro atoms. The van der Waals surface area contributed by atoms with Crippen molar-refractivity contribution in [1.82, 2.24) is 9.97 Å². The molecule has 0 aliphatic heterocycles. The molecule has 1 atom stereocenters. The first-order chi connectivity index (χ1) is 11.8. The Morgan fingerprint density at radius 3 is 2.72 bits per heavy atom. The summed E-state index contributed by atoms with van der Waals surface area (Å²) in [7, 11) is 4.31. The van der Waals surface area contributed by atoms with Gasteiger partial charge < -0.3 is 10.6 Å². The molecule has 0 bridgehead atoms. The predicted molar refractivity (Wildman–Crippen MR) is 101 cm³/mol. The molecule has 5 nitrogen and oxygen atoms in total. The topological polar surface area (TPSA) is 62.2 Å². The highest BCUT2D eigenvalue weighted by molar-refractivity contribution is 7.22. The number of hydrogen-bond donors (Lipinski definition) is 2. The fraction of sp³-hybridized carbons (Fsp3) is 0.471. The summed E-state index contributed by atoms with van der Waals surface area (Å²) in [6, 6.07) is -0.0848. The number of halogens is 2. The van der Waals surface area contributed by atoms with Crippen molar-refractivity contribution in [2.24, 2.45) is 4.99 Å². The number of alkyl halides is 2. The van der Waals surface area contributed by atoms with Crippen LogP contribution in [0.2, 0.25) is 0 Å². The minimum atomic E-state index is -2.55. The number of nitrogens with one attached hydrogen (secondary N) is 2. The summed E-state index contributed by atoms with van der Waals surface area (Å²) in [6.07, 6.45) is 9.18. The summed E-state index contributed by atoms with van der Waals surface area (Å²) < 4.78 is 26.4. The van der Waals surface area contributed by atoms with Gasteiger partial charge in [-0.1, -0.05) is 5.92 Å². The second-order valence-corrected chi connectivity index (χ2v) is 6.80. The van der Waals surface area contributed by atoms with Crippen molar-refractivity contribution in [1.29, 1.82) is 0 Å². The summed E-state index contributed by atoms with van der Waals surface area (Å²) in [5, 5.41) is 6.92. The maximum atomic E-state index is 13.2. The molecular weight excluding hydrogens is 343 g/mol. The Hall–Kier alpha value is -2.06. The summed E-state index contributed by atoms with van der Waals surface area (Å²) in [4.78, 5) is 13.0. The second-order valence-electron chi connectivity index (χ2n) is 5.94. The van der Waals surface area contributed by atoms with Gasteiger partial charge in [0.05, 0.1) is 23.5 Å². The van der Waals surface area contributed by atoms with Crippen molar-refractivity contribution >= 4 is 27.2 Å². The zero-order valence-corrected chi connectivity index (χ0v) is 15.5. The molecule has 8 heteroatoms. The molecule has 1 fully saturated rings. The Balaban J connectivity index is 2.09. The zero-order chi connectivity index (χ0) is 18.4. The zero-order valence-electron chi connectivity index (χ0n) is 14.3. The molecule has 1 aromatic rings. The van der Waals surface area contributed by atoms with Gasteiger partial charge >= 0.3 is 0 Å². The molecule has 2 N–H and O–H groups in total. The third kappa shape index (κ3) is 5.47. The van der Waals surface area contributed by atoms with Gasteiger partial charge in [0.15, 0.2) is 0 Å². The molecular formula is C17H22F2N5P. The van der Waals surface area contributed by atoms with Crippen LogP contribution in [-0.4, -0.2) is 35.2 Å². The van der Waals surface area contributed by atoms with E-state index in [1.807, 2.05) is 6.92 Å². The van der Waals surface area contributed by atoms with E-state index in [1.54, 1.807) is 19.5 Å². The standard InChI is InChI=1S/C17H22F2N5P/c1-4-12-9-22-16(24-15(12)20-3)23-14(11(2)25)10-21-13-5-7-17(18,19)8-6-13/h1,9-10,13H,5-8,25H2,2-3H3,(H2,20,22,23,24). The van der Waals surface area contributed by atoms with Crippen LogP contribution in [0.5, 0.6) is 0 Å². The van der Waals surface area contributed by atoms with Gasteiger partial charge in [0.1, 0.15) is 5.82 Å². The second kappa shape index (κ2) is 8.35. The summed E-state index contributed by atoms with van der Waals surface area (Å²) in [6.45, 7) is 1.89. The number of aliphatic imine (C=N–C) groups is 1. The van der Waals surface area contributed by atoms with Gasteiger partial charge in [0, 0.05) is 26.1 Å². The lowest BCUT2D eigenvalue weighted by Gasteiger charge is -2.25. The number of hydrogen-bond acceptors (Lipinski definition) is 5. The lowest BCUT2D eigenvalue weighted by molar-refractivity contribution is -0.0373. The summed E-state index contributed by atoms with van der Waals surface area (Å²) in [5.41, 5.74) is 1.27. The van der Waals surface area contributed by atoms with E-state index < -0.39 is 5.92 Å². The maximum Gasteiger partial charge on any atom is 0.248 e. The minimum Gasteiger partial charge on any atom is -0.372 e. The van der Waals surface area contributed by atoms with Gasteiger partial charge in [-0.15, -0.1) is 15.7 Å². The molecule has 0 radical (unpaired) electrons. The van der Waals surface area contributed by atoms with Crippen LogP contribution in [0.15, 0.2) is 22.2 Å². The third-order valence-electron chi connectivity index (χ3n) is 3.95. The number of aromatic nitrogens is 2. The number of anilines is 2. The summed E-state index contributed by atoms with van der Waals surface area (Å²) in [5.74, 6) is 0.885. The van der Waals surface area contributed by atoms with Crippen LogP contribution in [0.1, 0.15) is 38.2 Å². The molecule has 1 aliphatic rings. The number of rotatable bonds is 5. The average molecular weight is 365 g/mol. The van der Waals surface area contributed by atoms with Crippen molar-refractivity contribution in [2.45, 2.75) is 44.6 Å². The molecule has 0 saturated heterocycles. The van der Waals surface area contributed by atoms with Crippen LogP contribution >= 0.6 is 9.24 Å². The lowest BCUT2D eigenvalue weighted by atomic mass is 9.93. The maximum absolute atomic E-state index is 13.2. The Morgan fingerprint density at radius 1 is 1.48 bits per heavy atom. The first kappa shape index (κ1) is 19.3. The molecule has 25 heavy (non-hydrogen) atoms. The van der Waals surface area contributed by atoms with E-state index in [0.29, 0.717) is 35.9 Å². The van der Waals surface area contributed by atoms with Gasteiger partial charge in [-0.05, 0) is 25.1 Å². The molecule has 1 aliphatic carbocycles. The molecule has 1 unspecified atom stereocenters. The van der Waals surface area contributed by atoms with Crippen LogP contribution in [-0.2, 0) is 0 Å². The molecule has 134 valence electrons. The molecule has 1 heterocycles. The first-order valence-electron chi connectivity index (χ1n) is 8.00. The summed E-state index contributed by atoms with van der Waals surface area (Å²) >= 11 is 0. The van der Waals surface area contributed by atoms with Crippen LogP contribution in [0.4, 0.5) is 20.5 Å². The van der Waals surface area contributed by atoms with E-state index in [2.05, 4.69) is 40.8 Å². The van der Waals surface area contributed by atoms with E-state index >= 15 is 0 Å². The Kier molecular flexibility index (Phi) is 6.44. The number of terminal acetylenes is 1. The van der Waals surface area contributed by atoms with Gasteiger partial charge in [0.2, 0.25) is 11.9 Å². The lowest BCUT2D eigenvalue weighted by Crippen LogP contribution is -2.26.